The highest BCUT2D eigenvalue weighted by Gasteiger charge is 2.23. The fourth-order valence-electron chi connectivity index (χ4n) is 4.93. The second-order valence-electron chi connectivity index (χ2n) is 12.5. The zero-order valence-corrected chi connectivity index (χ0v) is 28.3. The third kappa shape index (κ3) is 10.6. The second kappa shape index (κ2) is 15.1. The van der Waals surface area contributed by atoms with Crippen molar-refractivity contribution in [3.05, 3.63) is 130 Å². The molecule has 47 heavy (non-hydrogen) atoms. The summed E-state index contributed by atoms with van der Waals surface area (Å²) >= 11 is 6.13. The lowest BCUT2D eigenvalue weighted by Gasteiger charge is -2.19. The van der Waals surface area contributed by atoms with Crippen LogP contribution in [0.25, 0.3) is 17.2 Å². The van der Waals surface area contributed by atoms with Crippen LogP contribution in [0.5, 0.6) is 0 Å². The van der Waals surface area contributed by atoms with E-state index >= 15 is 4.39 Å². The summed E-state index contributed by atoms with van der Waals surface area (Å²) in [5.74, 6) is -2.77. The number of nitrogens with one attached hydrogen (secondary N) is 2. The van der Waals surface area contributed by atoms with Crippen molar-refractivity contribution in [3.63, 3.8) is 0 Å². The summed E-state index contributed by atoms with van der Waals surface area (Å²) in [7, 11) is -4.20. The van der Waals surface area contributed by atoms with Gasteiger partial charge < -0.3 is 10.6 Å². The van der Waals surface area contributed by atoms with Gasteiger partial charge in [0.2, 0.25) is 5.91 Å². The average Bonchev–Trinajstić information content (AvgIpc) is 2.99. The molecule has 10 heteroatoms. The maximum absolute atomic E-state index is 15.1. The number of carbonyl (C=O) groups excluding carboxylic acids is 2. The number of halogens is 2. The van der Waals surface area contributed by atoms with Gasteiger partial charge in [0.15, 0.2) is 0 Å². The van der Waals surface area contributed by atoms with Crippen LogP contribution >= 0.6 is 11.6 Å². The van der Waals surface area contributed by atoms with Crippen molar-refractivity contribution in [2.24, 2.45) is 5.41 Å². The van der Waals surface area contributed by atoms with Crippen molar-refractivity contribution >= 4 is 45.3 Å². The molecule has 0 radical (unpaired) electrons. The molecule has 0 aliphatic carbocycles. The molecule has 4 rings (SSSR count). The molecule has 0 heterocycles. The van der Waals surface area contributed by atoms with Gasteiger partial charge in [-0.3, -0.25) is 14.1 Å². The SMILES string of the molecule is Cc1cc(Cl)ccc1-c1ccc(F)c(NC(=O)C(Cc2ccc(C(=O)NCCS(=O)(=O)O)cc2)c2ccc(/C=C/C(C)(C)C)cc2)c1. The number of hydrogen-bond acceptors (Lipinski definition) is 4. The molecule has 0 aromatic heterocycles. The Morgan fingerprint density at radius 3 is 2.26 bits per heavy atom. The molecular formula is C37H38ClFN2O5S. The van der Waals surface area contributed by atoms with Crippen molar-refractivity contribution in [1.29, 1.82) is 0 Å². The van der Waals surface area contributed by atoms with Crippen molar-refractivity contribution in [2.75, 3.05) is 17.6 Å². The fraction of sp³-hybridized carbons (Fsp3) is 0.243. The molecule has 2 amide bonds. The van der Waals surface area contributed by atoms with E-state index in [-0.39, 0.29) is 29.6 Å². The fourth-order valence-corrected chi connectivity index (χ4v) is 5.52. The minimum absolute atomic E-state index is 0.00382. The first kappa shape index (κ1) is 35.5. The maximum atomic E-state index is 15.1. The zero-order valence-electron chi connectivity index (χ0n) is 26.7. The molecule has 0 fully saturated rings. The molecule has 1 atom stereocenters. The van der Waals surface area contributed by atoms with Gasteiger partial charge in [0.05, 0.1) is 17.4 Å². The molecule has 0 spiro atoms. The summed E-state index contributed by atoms with van der Waals surface area (Å²) in [6, 6.07) is 24.2. The van der Waals surface area contributed by atoms with E-state index in [1.165, 1.54) is 6.07 Å². The van der Waals surface area contributed by atoms with E-state index in [9.17, 15) is 18.0 Å². The van der Waals surface area contributed by atoms with Crippen molar-refractivity contribution in [3.8, 4) is 11.1 Å². The summed E-state index contributed by atoms with van der Waals surface area (Å²) in [5.41, 5.74) is 5.30. The Morgan fingerprint density at radius 1 is 0.957 bits per heavy atom. The summed E-state index contributed by atoms with van der Waals surface area (Å²) in [6.45, 7) is 7.99. The zero-order chi connectivity index (χ0) is 34.4. The topological polar surface area (TPSA) is 113 Å². The van der Waals surface area contributed by atoms with Gasteiger partial charge in [0, 0.05) is 17.1 Å². The van der Waals surface area contributed by atoms with Gasteiger partial charge in [-0.2, -0.15) is 8.42 Å². The van der Waals surface area contributed by atoms with Gasteiger partial charge in [-0.1, -0.05) is 93.1 Å². The van der Waals surface area contributed by atoms with Crippen LogP contribution in [-0.2, 0) is 21.3 Å². The Balaban J connectivity index is 1.60. The standard InChI is InChI=1S/C37H38ClFN2O5S/c1-24-21-30(38)14-15-31(24)29-13-16-33(39)34(23-29)41-36(43)32(27-9-5-25(6-10-27)17-18-37(2,3)4)22-26-7-11-28(12-8-26)35(42)40-19-20-47(44,45)46/h5-18,21,23,32H,19-20,22H2,1-4H3,(H,40,42)(H,41,43)(H,44,45,46)/b18-17+. The van der Waals surface area contributed by atoms with Gasteiger partial charge in [0.25, 0.3) is 16.0 Å². The van der Waals surface area contributed by atoms with E-state index in [2.05, 4.69) is 37.5 Å². The van der Waals surface area contributed by atoms with Crippen LogP contribution < -0.4 is 10.6 Å². The van der Waals surface area contributed by atoms with Crippen LogP contribution in [0, 0.1) is 18.2 Å². The van der Waals surface area contributed by atoms with Gasteiger partial charge in [-0.15, -0.1) is 0 Å². The molecule has 7 nitrogen and oxygen atoms in total. The molecule has 246 valence electrons. The number of anilines is 1. The average molecular weight is 677 g/mol. The van der Waals surface area contributed by atoms with Crippen LogP contribution in [-0.4, -0.2) is 37.1 Å². The van der Waals surface area contributed by atoms with E-state index in [0.717, 1.165) is 33.4 Å². The van der Waals surface area contributed by atoms with Gasteiger partial charge in [-0.05, 0) is 88.5 Å². The third-order valence-corrected chi connectivity index (χ3v) is 8.41. The minimum Gasteiger partial charge on any atom is -0.351 e. The third-order valence-electron chi connectivity index (χ3n) is 7.46. The van der Waals surface area contributed by atoms with Crippen LogP contribution in [0.1, 0.15) is 59.3 Å². The van der Waals surface area contributed by atoms with E-state index in [1.807, 2.05) is 49.4 Å². The number of carbonyl (C=O) groups is 2. The van der Waals surface area contributed by atoms with Gasteiger partial charge in [0.1, 0.15) is 5.82 Å². The highest BCUT2D eigenvalue weighted by molar-refractivity contribution is 7.85. The molecule has 3 N–H and O–H groups in total. The number of hydrogen-bond donors (Lipinski definition) is 3. The largest absolute Gasteiger partial charge is 0.351 e. The molecule has 4 aromatic carbocycles. The first-order chi connectivity index (χ1) is 22.1. The smallest absolute Gasteiger partial charge is 0.266 e. The van der Waals surface area contributed by atoms with E-state index in [1.54, 1.807) is 42.5 Å². The molecular weight excluding hydrogens is 639 g/mol. The first-order valence-electron chi connectivity index (χ1n) is 15.1. The number of amides is 2. The highest BCUT2D eigenvalue weighted by Crippen LogP contribution is 2.31. The van der Waals surface area contributed by atoms with E-state index in [4.69, 9.17) is 16.2 Å². The van der Waals surface area contributed by atoms with E-state index in [0.29, 0.717) is 5.02 Å². The maximum Gasteiger partial charge on any atom is 0.266 e. The molecule has 1 unspecified atom stereocenters. The highest BCUT2D eigenvalue weighted by atomic mass is 35.5. The van der Waals surface area contributed by atoms with Gasteiger partial charge in [-0.25, -0.2) is 4.39 Å². The van der Waals surface area contributed by atoms with Crippen LogP contribution in [0.2, 0.25) is 5.02 Å². The lowest BCUT2D eigenvalue weighted by molar-refractivity contribution is -0.117. The Kier molecular flexibility index (Phi) is 11.4. The molecule has 0 saturated heterocycles. The molecule has 0 saturated carbocycles. The van der Waals surface area contributed by atoms with Crippen molar-refractivity contribution in [1.82, 2.24) is 5.32 Å². The number of benzene rings is 4. The van der Waals surface area contributed by atoms with Crippen LogP contribution in [0.15, 0.2) is 91.0 Å². The first-order valence-corrected chi connectivity index (χ1v) is 17.1. The number of allylic oxidation sites excluding steroid dienone is 1. The van der Waals surface area contributed by atoms with Crippen LogP contribution in [0.4, 0.5) is 10.1 Å². The summed E-state index contributed by atoms with van der Waals surface area (Å²) in [6.07, 6.45) is 4.38. The predicted octanol–water partition coefficient (Wildman–Crippen LogP) is 8.10. The van der Waals surface area contributed by atoms with E-state index < -0.39 is 39.4 Å². The van der Waals surface area contributed by atoms with Crippen molar-refractivity contribution < 1.29 is 27.0 Å². The Morgan fingerprint density at radius 2 is 1.64 bits per heavy atom. The molecule has 0 aliphatic heterocycles. The normalized spacial score (nSPS) is 12.6. The lowest BCUT2D eigenvalue weighted by atomic mass is 9.89. The minimum atomic E-state index is -4.20. The monoisotopic (exact) mass is 676 g/mol. The summed E-state index contributed by atoms with van der Waals surface area (Å²) in [4.78, 5) is 26.3. The summed E-state index contributed by atoms with van der Waals surface area (Å²) in [5, 5.41) is 5.85. The molecule has 0 bridgehead atoms. The molecule has 4 aromatic rings. The quantitative estimate of drug-likeness (QED) is 0.139. The number of aryl methyl sites for hydroxylation is 1. The predicted molar refractivity (Wildman–Crippen MR) is 187 cm³/mol. The summed E-state index contributed by atoms with van der Waals surface area (Å²) < 4.78 is 45.9. The Hall–Kier alpha value is -4.31. The second-order valence-corrected chi connectivity index (χ2v) is 14.5. The number of rotatable bonds is 11. The molecule has 0 aliphatic rings. The van der Waals surface area contributed by atoms with Gasteiger partial charge >= 0.3 is 0 Å². The van der Waals surface area contributed by atoms with Crippen molar-refractivity contribution in [2.45, 2.75) is 40.0 Å². The Labute approximate surface area is 280 Å². The lowest BCUT2D eigenvalue weighted by Crippen LogP contribution is -2.28. The van der Waals surface area contributed by atoms with Crippen LogP contribution in [0.3, 0.4) is 0 Å². The Bertz CT molecular complexity index is 1880.